The number of anilines is 2. The lowest BCUT2D eigenvalue weighted by Gasteiger charge is -2.35. The molecule has 98 valence electrons. The fourth-order valence-electron chi connectivity index (χ4n) is 2.38. The summed E-state index contributed by atoms with van der Waals surface area (Å²) in [5.41, 5.74) is 7.14. The molecule has 1 aliphatic rings. The summed E-state index contributed by atoms with van der Waals surface area (Å²) in [6, 6.07) is 4.80. The van der Waals surface area contributed by atoms with Crippen molar-refractivity contribution < 1.29 is 15.0 Å². The number of nitrogens with zero attached hydrogens (tertiary/aromatic N) is 1. The number of rotatable bonds is 4. The molecule has 0 saturated heterocycles. The molecule has 0 spiro atoms. The molecule has 0 heterocycles. The van der Waals surface area contributed by atoms with E-state index in [-0.39, 0.29) is 11.7 Å². The van der Waals surface area contributed by atoms with Crippen molar-refractivity contribution in [3.63, 3.8) is 0 Å². The van der Waals surface area contributed by atoms with Crippen LogP contribution in [-0.4, -0.2) is 35.9 Å². The molecule has 18 heavy (non-hydrogen) atoms. The Morgan fingerprint density at radius 2 is 2.17 bits per heavy atom. The van der Waals surface area contributed by atoms with E-state index in [0.29, 0.717) is 17.3 Å². The van der Waals surface area contributed by atoms with Gasteiger partial charge in [-0.25, -0.2) is 4.79 Å². The number of carboxylic acid groups (broad SMARTS) is 1. The van der Waals surface area contributed by atoms with Crippen molar-refractivity contribution in [3.05, 3.63) is 23.8 Å². The van der Waals surface area contributed by atoms with Gasteiger partial charge in [0.05, 0.1) is 17.4 Å². The lowest BCUT2D eigenvalue weighted by Crippen LogP contribution is -2.37. The normalized spacial score (nSPS) is 22.3. The highest BCUT2D eigenvalue weighted by atomic mass is 16.4. The highest BCUT2D eigenvalue weighted by molar-refractivity contribution is 5.95. The van der Waals surface area contributed by atoms with Crippen LogP contribution in [0.4, 0.5) is 11.4 Å². The van der Waals surface area contributed by atoms with E-state index in [1.807, 2.05) is 11.9 Å². The standard InChI is InChI=1S/C13H18N2O3/c1-15(7-8-4-10(16)5-8)12-6-9(14)2-3-11(12)13(17)18/h2-3,6,8,10,16H,4-5,7,14H2,1H3,(H,17,18). The molecule has 0 atom stereocenters. The Bertz CT molecular complexity index is 456. The third-order valence-corrected chi connectivity index (χ3v) is 3.41. The molecule has 5 nitrogen and oxygen atoms in total. The Labute approximate surface area is 106 Å². The molecule has 1 aromatic carbocycles. The molecule has 2 rings (SSSR count). The van der Waals surface area contributed by atoms with Gasteiger partial charge in [0.15, 0.2) is 0 Å². The lowest BCUT2D eigenvalue weighted by atomic mass is 9.82. The van der Waals surface area contributed by atoms with Crippen LogP contribution in [0, 0.1) is 5.92 Å². The number of carboxylic acids is 1. The predicted molar refractivity (Wildman–Crippen MR) is 69.8 cm³/mol. The van der Waals surface area contributed by atoms with Gasteiger partial charge in [-0.3, -0.25) is 0 Å². The van der Waals surface area contributed by atoms with Gasteiger partial charge in [-0.15, -0.1) is 0 Å². The molecular formula is C13H18N2O3. The van der Waals surface area contributed by atoms with Crippen molar-refractivity contribution in [1.82, 2.24) is 0 Å². The van der Waals surface area contributed by atoms with Gasteiger partial charge in [0.25, 0.3) is 0 Å². The highest BCUT2D eigenvalue weighted by Crippen LogP contribution is 2.30. The smallest absolute Gasteiger partial charge is 0.337 e. The summed E-state index contributed by atoms with van der Waals surface area (Å²) >= 11 is 0. The molecule has 1 saturated carbocycles. The first kappa shape index (κ1) is 12.7. The van der Waals surface area contributed by atoms with Gasteiger partial charge in [0.2, 0.25) is 0 Å². The number of aliphatic hydroxyl groups excluding tert-OH is 1. The summed E-state index contributed by atoms with van der Waals surface area (Å²) in [4.78, 5) is 13.1. The van der Waals surface area contributed by atoms with Crippen molar-refractivity contribution in [1.29, 1.82) is 0 Å². The fraction of sp³-hybridized carbons (Fsp3) is 0.462. The second kappa shape index (κ2) is 4.86. The maximum absolute atomic E-state index is 11.2. The average Bonchev–Trinajstić information content (AvgIpc) is 2.26. The topological polar surface area (TPSA) is 86.8 Å². The molecule has 0 radical (unpaired) electrons. The van der Waals surface area contributed by atoms with Gasteiger partial charge < -0.3 is 20.8 Å². The first-order valence-corrected chi connectivity index (χ1v) is 5.99. The number of aliphatic hydroxyl groups is 1. The largest absolute Gasteiger partial charge is 0.478 e. The minimum Gasteiger partial charge on any atom is -0.478 e. The van der Waals surface area contributed by atoms with E-state index in [1.165, 1.54) is 6.07 Å². The number of carbonyl (C=O) groups is 1. The van der Waals surface area contributed by atoms with Crippen LogP contribution in [0.25, 0.3) is 0 Å². The number of nitrogens with two attached hydrogens (primary N) is 1. The van der Waals surface area contributed by atoms with Crippen LogP contribution >= 0.6 is 0 Å². The first-order chi connectivity index (χ1) is 8.47. The van der Waals surface area contributed by atoms with Crippen LogP contribution in [0.2, 0.25) is 0 Å². The van der Waals surface area contributed by atoms with Crippen LogP contribution in [0.1, 0.15) is 23.2 Å². The SMILES string of the molecule is CN(CC1CC(O)C1)c1cc(N)ccc1C(=O)O. The second-order valence-corrected chi connectivity index (χ2v) is 4.95. The van der Waals surface area contributed by atoms with Crippen molar-refractivity contribution in [2.24, 2.45) is 5.92 Å². The Kier molecular flexibility index (Phi) is 3.43. The molecule has 5 heteroatoms. The Morgan fingerprint density at radius 3 is 2.72 bits per heavy atom. The van der Waals surface area contributed by atoms with E-state index in [0.717, 1.165) is 19.4 Å². The Hall–Kier alpha value is -1.75. The molecule has 0 aliphatic heterocycles. The highest BCUT2D eigenvalue weighted by Gasteiger charge is 2.28. The van der Waals surface area contributed by atoms with Gasteiger partial charge in [-0.05, 0) is 37.0 Å². The first-order valence-electron chi connectivity index (χ1n) is 5.99. The quantitative estimate of drug-likeness (QED) is 0.698. The summed E-state index contributed by atoms with van der Waals surface area (Å²) < 4.78 is 0. The number of benzene rings is 1. The van der Waals surface area contributed by atoms with E-state index in [9.17, 15) is 9.90 Å². The molecule has 1 fully saturated rings. The van der Waals surface area contributed by atoms with E-state index in [2.05, 4.69) is 0 Å². The summed E-state index contributed by atoms with van der Waals surface area (Å²) in [7, 11) is 1.85. The lowest BCUT2D eigenvalue weighted by molar-refractivity contribution is 0.0463. The van der Waals surface area contributed by atoms with Crippen molar-refractivity contribution in [3.8, 4) is 0 Å². The summed E-state index contributed by atoms with van der Waals surface area (Å²) in [5, 5.41) is 18.4. The third-order valence-electron chi connectivity index (χ3n) is 3.41. The van der Waals surface area contributed by atoms with Gasteiger partial charge in [-0.1, -0.05) is 0 Å². The maximum Gasteiger partial charge on any atom is 0.337 e. The van der Waals surface area contributed by atoms with Crippen LogP contribution in [-0.2, 0) is 0 Å². The monoisotopic (exact) mass is 250 g/mol. The Balaban J connectivity index is 2.15. The zero-order chi connectivity index (χ0) is 13.3. The molecule has 1 aliphatic carbocycles. The zero-order valence-electron chi connectivity index (χ0n) is 10.3. The van der Waals surface area contributed by atoms with E-state index in [4.69, 9.17) is 10.8 Å². The van der Waals surface area contributed by atoms with Crippen LogP contribution < -0.4 is 10.6 Å². The third kappa shape index (κ3) is 2.56. The molecule has 0 amide bonds. The van der Waals surface area contributed by atoms with Crippen LogP contribution in [0.3, 0.4) is 0 Å². The second-order valence-electron chi connectivity index (χ2n) is 4.95. The maximum atomic E-state index is 11.2. The zero-order valence-corrected chi connectivity index (χ0v) is 10.3. The predicted octanol–water partition coefficient (Wildman–Crippen LogP) is 1.17. The molecule has 4 N–H and O–H groups in total. The Morgan fingerprint density at radius 1 is 1.50 bits per heavy atom. The molecule has 0 bridgehead atoms. The van der Waals surface area contributed by atoms with Gasteiger partial charge >= 0.3 is 5.97 Å². The minimum atomic E-state index is -0.953. The number of nitrogen functional groups attached to an aromatic ring is 1. The number of hydrogen-bond acceptors (Lipinski definition) is 4. The number of aromatic carboxylic acids is 1. The summed E-state index contributed by atoms with van der Waals surface area (Å²) in [6.45, 7) is 0.737. The van der Waals surface area contributed by atoms with Gasteiger partial charge in [0, 0.05) is 19.3 Å². The molecule has 1 aromatic rings. The van der Waals surface area contributed by atoms with E-state index < -0.39 is 5.97 Å². The average molecular weight is 250 g/mol. The summed E-state index contributed by atoms with van der Waals surface area (Å²) in [5.74, 6) is -0.529. The summed E-state index contributed by atoms with van der Waals surface area (Å²) in [6.07, 6.45) is 1.38. The number of hydrogen-bond donors (Lipinski definition) is 3. The molecule has 0 unspecified atom stereocenters. The minimum absolute atomic E-state index is 0.191. The molecular weight excluding hydrogens is 232 g/mol. The van der Waals surface area contributed by atoms with Crippen molar-refractivity contribution in [2.75, 3.05) is 24.2 Å². The van der Waals surface area contributed by atoms with Gasteiger partial charge in [-0.2, -0.15) is 0 Å². The van der Waals surface area contributed by atoms with Gasteiger partial charge in [0.1, 0.15) is 0 Å². The van der Waals surface area contributed by atoms with Crippen molar-refractivity contribution >= 4 is 17.3 Å². The van der Waals surface area contributed by atoms with Crippen LogP contribution in [0.5, 0.6) is 0 Å². The van der Waals surface area contributed by atoms with E-state index in [1.54, 1.807) is 12.1 Å². The fourth-order valence-corrected chi connectivity index (χ4v) is 2.38. The van der Waals surface area contributed by atoms with E-state index >= 15 is 0 Å². The van der Waals surface area contributed by atoms with Crippen molar-refractivity contribution in [2.45, 2.75) is 18.9 Å². The van der Waals surface area contributed by atoms with Crippen LogP contribution in [0.15, 0.2) is 18.2 Å². The molecule has 0 aromatic heterocycles.